The number of phenols is 1. The minimum atomic E-state index is -1.19. The number of benzene rings is 1. The van der Waals surface area contributed by atoms with Crippen molar-refractivity contribution in [3.63, 3.8) is 0 Å². The van der Waals surface area contributed by atoms with E-state index in [2.05, 4.69) is 0 Å². The van der Waals surface area contributed by atoms with Crippen LogP contribution in [0.2, 0.25) is 0 Å². The van der Waals surface area contributed by atoms with Crippen molar-refractivity contribution in [3.8, 4) is 5.75 Å². The number of nitrogens with zero attached hydrogens (tertiary/aromatic N) is 1. The van der Waals surface area contributed by atoms with Gasteiger partial charge in [0.15, 0.2) is 0 Å². The highest BCUT2D eigenvalue weighted by molar-refractivity contribution is 6.07. The number of rotatable bonds is 4. The van der Waals surface area contributed by atoms with Crippen LogP contribution in [-0.4, -0.2) is 38.9 Å². The van der Waals surface area contributed by atoms with E-state index >= 15 is 0 Å². The van der Waals surface area contributed by atoms with Gasteiger partial charge in [-0.05, 0) is 30.5 Å². The van der Waals surface area contributed by atoms with E-state index in [-0.39, 0.29) is 35.8 Å². The minimum Gasteiger partial charge on any atom is -0.508 e. The Morgan fingerprint density at radius 2 is 1.61 bits per heavy atom. The second-order valence-corrected chi connectivity index (χ2v) is 6.27. The molecule has 2 aliphatic rings. The molecule has 0 bridgehead atoms. The molecule has 3 rings (SSSR count). The van der Waals surface area contributed by atoms with Crippen molar-refractivity contribution in [1.29, 1.82) is 0 Å². The van der Waals surface area contributed by atoms with Crippen LogP contribution in [0.25, 0.3) is 0 Å². The third kappa shape index (κ3) is 2.81. The Labute approximate surface area is 133 Å². The number of hydrogen-bond acceptors (Lipinski definition) is 4. The van der Waals surface area contributed by atoms with Crippen LogP contribution < -0.4 is 0 Å². The zero-order valence-electron chi connectivity index (χ0n) is 12.6. The maximum atomic E-state index is 12.5. The maximum absolute atomic E-state index is 12.5. The van der Waals surface area contributed by atoms with E-state index in [0.29, 0.717) is 18.4 Å². The quantitative estimate of drug-likeness (QED) is 0.822. The van der Waals surface area contributed by atoms with Crippen molar-refractivity contribution >= 4 is 17.8 Å². The van der Waals surface area contributed by atoms with Gasteiger partial charge in [-0.2, -0.15) is 0 Å². The first-order chi connectivity index (χ1) is 11.0. The van der Waals surface area contributed by atoms with Gasteiger partial charge in [-0.25, -0.2) is 4.79 Å². The predicted octanol–water partition coefficient (Wildman–Crippen LogP) is 1.56. The van der Waals surface area contributed by atoms with Crippen molar-refractivity contribution in [3.05, 3.63) is 29.8 Å². The highest BCUT2D eigenvalue weighted by atomic mass is 16.4. The molecule has 6 heteroatoms. The van der Waals surface area contributed by atoms with Gasteiger partial charge in [0.1, 0.15) is 11.8 Å². The summed E-state index contributed by atoms with van der Waals surface area (Å²) in [6.45, 7) is 0. The molecule has 2 N–H and O–H groups in total. The number of likely N-dealkylation sites (tertiary alicyclic amines) is 1. The normalized spacial score (nSPS) is 25.3. The first-order valence-corrected chi connectivity index (χ1v) is 7.86. The van der Waals surface area contributed by atoms with E-state index in [4.69, 9.17) is 0 Å². The molecule has 1 saturated heterocycles. The molecule has 0 spiro atoms. The van der Waals surface area contributed by atoms with Gasteiger partial charge in [-0.1, -0.05) is 25.0 Å². The molecule has 2 amide bonds. The zero-order valence-corrected chi connectivity index (χ0v) is 12.6. The lowest BCUT2D eigenvalue weighted by Gasteiger charge is -2.23. The van der Waals surface area contributed by atoms with E-state index in [0.717, 1.165) is 17.7 Å². The molecular weight excluding hydrogens is 298 g/mol. The van der Waals surface area contributed by atoms with Crippen molar-refractivity contribution in [2.24, 2.45) is 11.8 Å². The molecule has 1 aromatic carbocycles. The zero-order chi connectivity index (χ0) is 16.6. The van der Waals surface area contributed by atoms with Gasteiger partial charge in [-0.15, -0.1) is 0 Å². The van der Waals surface area contributed by atoms with Gasteiger partial charge in [-0.3, -0.25) is 14.5 Å². The lowest BCUT2D eigenvalue weighted by Crippen LogP contribution is -2.46. The van der Waals surface area contributed by atoms with Crippen LogP contribution in [0.4, 0.5) is 0 Å². The van der Waals surface area contributed by atoms with E-state index in [1.165, 1.54) is 12.1 Å². The Bertz CT molecular complexity index is 615. The van der Waals surface area contributed by atoms with Gasteiger partial charge in [0.2, 0.25) is 11.8 Å². The molecule has 1 aliphatic heterocycles. The molecule has 1 aromatic rings. The molecule has 1 saturated carbocycles. The smallest absolute Gasteiger partial charge is 0.327 e. The van der Waals surface area contributed by atoms with Crippen LogP contribution in [0, 0.1) is 11.8 Å². The summed E-state index contributed by atoms with van der Waals surface area (Å²) in [4.78, 5) is 37.7. The number of carbonyl (C=O) groups excluding carboxylic acids is 2. The number of hydrogen-bond donors (Lipinski definition) is 2. The highest BCUT2D eigenvalue weighted by Gasteiger charge is 2.51. The summed E-state index contributed by atoms with van der Waals surface area (Å²) in [5.41, 5.74) is 0.658. The molecule has 122 valence electrons. The molecule has 1 aliphatic carbocycles. The number of phenolic OH excluding ortho intramolecular Hbond substituents is 1. The molecule has 6 nitrogen and oxygen atoms in total. The van der Waals surface area contributed by atoms with E-state index in [9.17, 15) is 24.6 Å². The van der Waals surface area contributed by atoms with Crippen molar-refractivity contribution in [2.75, 3.05) is 0 Å². The van der Waals surface area contributed by atoms with Crippen LogP contribution in [-0.2, 0) is 20.8 Å². The predicted molar refractivity (Wildman–Crippen MR) is 80.5 cm³/mol. The molecule has 0 radical (unpaired) electrons. The topological polar surface area (TPSA) is 94.9 Å². The van der Waals surface area contributed by atoms with Crippen LogP contribution in [0.15, 0.2) is 24.3 Å². The molecular formula is C17H19NO5. The van der Waals surface area contributed by atoms with Gasteiger partial charge in [0.25, 0.3) is 0 Å². The first-order valence-electron chi connectivity index (χ1n) is 7.86. The molecule has 2 fully saturated rings. The molecule has 0 unspecified atom stereocenters. The Morgan fingerprint density at radius 3 is 2.09 bits per heavy atom. The first kappa shape index (κ1) is 15.5. The SMILES string of the molecule is O=C(O)[C@@H](Cc1ccc(O)cc1)N1C(=O)[C@H]2CCCC[C@@H]2C1=O. The number of carboxylic acids is 1. The van der Waals surface area contributed by atoms with Crippen molar-refractivity contribution in [1.82, 2.24) is 4.90 Å². The van der Waals surface area contributed by atoms with Crippen molar-refractivity contribution < 1.29 is 24.6 Å². The van der Waals surface area contributed by atoms with E-state index in [1.54, 1.807) is 12.1 Å². The number of aromatic hydroxyl groups is 1. The second kappa shape index (κ2) is 6.02. The summed E-state index contributed by atoms with van der Waals surface area (Å²) in [6, 6.07) is 4.93. The van der Waals surface area contributed by atoms with E-state index < -0.39 is 12.0 Å². The summed E-state index contributed by atoms with van der Waals surface area (Å²) in [5.74, 6) is -2.48. The molecule has 3 atom stereocenters. The molecule has 23 heavy (non-hydrogen) atoms. The van der Waals surface area contributed by atoms with Gasteiger partial charge in [0.05, 0.1) is 11.8 Å². The lowest BCUT2D eigenvalue weighted by atomic mass is 9.81. The number of imide groups is 1. The van der Waals surface area contributed by atoms with E-state index in [1.807, 2.05) is 0 Å². The van der Waals surface area contributed by atoms with Gasteiger partial charge < -0.3 is 10.2 Å². The fourth-order valence-electron chi connectivity index (χ4n) is 3.64. The van der Waals surface area contributed by atoms with Gasteiger partial charge >= 0.3 is 5.97 Å². The average Bonchev–Trinajstić information content (AvgIpc) is 2.79. The van der Waals surface area contributed by atoms with Crippen LogP contribution in [0.1, 0.15) is 31.2 Å². The van der Waals surface area contributed by atoms with Crippen LogP contribution >= 0.6 is 0 Å². The summed E-state index contributed by atoms with van der Waals surface area (Å²) in [5, 5.41) is 18.8. The summed E-state index contributed by atoms with van der Waals surface area (Å²) in [7, 11) is 0. The molecule has 0 aromatic heterocycles. The summed E-state index contributed by atoms with van der Waals surface area (Å²) >= 11 is 0. The Kier molecular flexibility index (Phi) is 4.07. The minimum absolute atomic E-state index is 0.0481. The van der Waals surface area contributed by atoms with Crippen LogP contribution in [0.5, 0.6) is 5.75 Å². The van der Waals surface area contributed by atoms with Crippen LogP contribution in [0.3, 0.4) is 0 Å². The van der Waals surface area contributed by atoms with Crippen molar-refractivity contribution in [2.45, 2.75) is 38.1 Å². The molecule has 1 heterocycles. The Hall–Kier alpha value is -2.37. The number of carboxylic acid groups (broad SMARTS) is 1. The second-order valence-electron chi connectivity index (χ2n) is 6.27. The highest BCUT2D eigenvalue weighted by Crippen LogP contribution is 2.39. The number of amides is 2. The summed E-state index contributed by atoms with van der Waals surface area (Å²) < 4.78 is 0. The maximum Gasteiger partial charge on any atom is 0.327 e. The number of aliphatic carboxylic acids is 1. The third-order valence-electron chi connectivity index (χ3n) is 4.84. The Balaban J connectivity index is 1.85. The largest absolute Gasteiger partial charge is 0.508 e. The Morgan fingerprint density at radius 1 is 1.09 bits per heavy atom. The summed E-state index contributed by atoms with van der Waals surface area (Å²) in [6.07, 6.45) is 3.19. The fourth-order valence-corrected chi connectivity index (χ4v) is 3.64. The third-order valence-corrected chi connectivity index (χ3v) is 4.84. The monoisotopic (exact) mass is 317 g/mol. The number of carbonyl (C=O) groups is 3. The fraction of sp³-hybridized carbons (Fsp3) is 0.471. The standard InChI is InChI=1S/C17H19NO5/c19-11-7-5-10(6-8-11)9-14(17(22)23)18-15(20)12-3-1-2-4-13(12)16(18)21/h5-8,12-14,19H,1-4,9H2,(H,22,23)/t12-,13-,14+/m0/s1. The van der Waals surface area contributed by atoms with Gasteiger partial charge in [0, 0.05) is 6.42 Å². The number of fused-ring (bicyclic) bond motifs is 1. The lowest BCUT2D eigenvalue weighted by molar-refractivity contribution is -0.155. The average molecular weight is 317 g/mol.